The van der Waals surface area contributed by atoms with Crippen LogP contribution >= 0.6 is 11.6 Å². The van der Waals surface area contributed by atoms with Gasteiger partial charge in [0.05, 0.1) is 12.2 Å². The second-order valence-electron chi connectivity index (χ2n) is 6.01. The fourth-order valence-corrected chi connectivity index (χ4v) is 3.37. The first kappa shape index (κ1) is 15.6. The molecule has 120 valence electrons. The second kappa shape index (κ2) is 5.42. The maximum Gasteiger partial charge on any atom is 0.416 e. The number of carbonyl (C=O) groups is 1. The molecule has 22 heavy (non-hydrogen) atoms. The average Bonchev–Trinajstić information content (AvgIpc) is 3.07. The Balaban J connectivity index is 1.82. The van der Waals surface area contributed by atoms with Crippen LogP contribution in [-0.2, 0) is 10.9 Å². The summed E-state index contributed by atoms with van der Waals surface area (Å²) in [6.07, 6.45) is -2.81. The summed E-state index contributed by atoms with van der Waals surface area (Å²) in [4.78, 5) is 14.1. The van der Waals surface area contributed by atoms with Gasteiger partial charge in [-0.25, -0.2) is 0 Å². The van der Waals surface area contributed by atoms with Crippen molar-refractivity contribution < 1.29 is 22.7 Å². The predicted molar refractivity (Wildman–Crippen MR) is 74.8 cm³/mol. The number of halogens is 4. The van der Waals surface area contributed by atoms with Crippen LogP contribution in [-0.4, -0.2) is 37.1 Å². The summed E-state index contributed by atoms with van der Waals surface area (Å²) in [7, 11) is 0. The number of amides is 1. The molecule has 2 saturated heterocycles. The largest absolute Gasteiger partial charge is 0.416 e. The molecular weight excluding hydrogens is 319 g/mol. The molecule has 0 aromatic heterocycles. The fraction of sp³-hybridized carbons (Fsp3) is 0.533. The molecule has 3 rings (SSSR count). The Kier molecular flexibility index (Phi) is 3.85. The van der Waals surface area contributed by atoms with Crippen molar-refractivity contribution in [2.75, 3.05) is 26.3 Å². The highest BCUT2D eigenvalue weighted by atomic mass is 35.5. The quantitative estimate of drug-likeness (QED) is 0.785. The summed E-state index contributed by atoms with van der Waals surface area (Å²) >= 11 is 5.74. The number of hydrogen-bond donors (Lipinski definition) is 0. The number of alkyl halides is 3. The van der Waals surface area contributed by atoms with Crippen molar-refractivity contribution in [2.24, 2.45) is 5.41 Å². The van der Waals surface area contributed by atoms with Crippen LogP contribution in [0.5, 0.6) is 0 Å². The van der Waals surface area contributed by atoms with E-state index < -0.39 is 17.6 Å². The first-order chi connectivity index (χ1) is 10.3. The molecule has 0 radical (unpaired) electrons. The molecule has 1 atom stereocenters. The molecule has 0 saturated carbocycles. The topological polar surface area (TPSA) is 29.5 Å². The summed E-state index contributed by atoms with van der Waals surface area (Å²) in [5.74, 6) is -0.406. The summed E-state index contributed by atoms with van der Waals surface area (Å²) in [5.41, 5.74) is -0.946. The maximum absolute atomic E-state index is 12.8. The van der Waals surface area contributed by atoms with Gasteiger partial charge in [0.25, 0.3) is 5.91 Å². The molecule has 2 heterocycles. The van der Waals surface area contributed by atoms with E-state index in [0.717, 1.165) is 25.0 Å². The van der Waals surface area contributed by atoms with Gasteiger partial charge in [0.2, 0.25) is 0 Å². The summed E-state index contributed by atoms with van der Waals surface area (Å²) in [6, 6.07) is 2.98. The van der Waals surface area contributed by atoms with Crippen molar-refractivity contribution in [3.8, 4) is 0 Å². The molecule has 7 heteroatoms. The Morgan fingerprint density at radius 3 is 2.68 bits per heavy atom. The molecule has 0 unspecified atom stereocenters. The smallest absolute Gasteiger partial charge is 0.381 e. The van der Waals surface area contributed by atoms with Crippen LogP contribution in [0, 0.1) is 5.41 Å². The number of ether oxygens (including phenoxy) is 1. The zero-order valence-electron chi connectivity index (χ0n) is 11.8. The van der Waals surface area contributed by atoms with Gasteiger partial charge in [0.1, 0.15) is 0 Å². The highest BCUT2D eigenvalue weighted by Crippen LogP contribution is 2.39. The van der Waals surface area contributed by atoms with Crippen LogP contribution < -0.4 is 0 Å². The number of carbonyl (C=O) groups excluding carboxylic acids is 1. The van der Waals surface area contributed by atoms with E-state index >= 15 is 0 Å². The minimum absolute atomic E-state index is 0.0178. The first-order valence-corrected chi connectivity index (χ1v) is 7.42. The Bertz CT molecular complexity index is 597. The average molecular weight is 334 g/mol. The Morgan fingerprint density at radius 1 is 1.27 bits per heavy atom. The van der Waals surface area contributed by atoms with Crippen molar-refractivity contribution in [1.29, 1.82) is 0 Å². The van der Waals surface area contributed by atoms with Crippen LogP contribution in [0.25, 0.3) is 0 Å². The Morgan fingerprint density at radius 2 is 2.05 bits per heavy atom. The number of rotatable bonds is 1. The Labute approximate surface area is 131 Å². The normalized spacial score (nSPS) is 25.2. The standard InChI is InChI=1S/C15H15ClF3NO2/c16-12-6-10(5-11(7-12)15(17,18)19)13(21)20-3-1-14(8-20)2-4-22-9-14/h5-7H,1-4,8-9H2/t14-/m1/s1. The van der Waals surface area contributed by atoms with Gasteiger partial charge in [-0.2, -0.15) is 13.2 Å². The van der Waals surface area contributed by atoms with Crippen LogP contribution in [0.1, 0.15) is 28.8 Å². The van der Waals surface area contributed by atoms with Crippen LogP contribution in [0.3, 0.4) is 0 Å². The van der Waals surface area contributed by atoms with E-state index in [1.807, 2.05) is 0 Å². The minimum atomic E-state index is -4.52. The maximum atomic E-state index is 12.8. The van der Waals surface area contributed by atoms with Crippen LogP contribution in [0.2, 0.25) is 5.02 Å². The number of benzene rings is 1. The lowest BCUT2D eigenvalue weighted by atomic mass is 9.87. The molecule has 2 aliphatic rings. The van der Waals surface area contributed by atoms with E-state index in [-0.39, 0.29) is 16.0 Å². The number of likely N-dealkylation sites (tertiary alicyclic amines) is 1. The molecule has 2 fully saturated rings. The van der Waals surface area contributed by atoms with E-state index in [4.69, 9.17) is 16.3 Å². The molecule has 0 aliphatic carbocycles. The summed E-state index contributed by atoms with van der Waals surface area (Å²) in [6.45, 7) is 2.35. The van der Waals surface area contributed by atoms with E-state index in [9.17, 15) is 18.0 Å². The van der Waals surface area contributed by atoms with Gasteiger partial charge in [-0.3, -0.25) is 4.79 Å². The van der Waals surface area contributed by atoms with Crippen LogP contribution in [0.4, 0.5) is 13.2 Å². The zero-order valence-corrected chi connectivity index (χ0v) is 12.5. The van der Waals surface area contributed by atoms with E-state index in [2.05, 4.69) is 0 Å². The van der Waals surface area contributed by atoms with Crippen molar-refractivity contribution in [1.82, 2.24) is 4.90 Å². The molecule has 1 amide bonds. The first-order valence-electron chi connectivity index (χ1n) is 7.04. The highest BCUT2D eigenvalue weighted by molar-refractivity contribution is 6.31. The van der Waals surface area contributed by atoms with E-state index in [1.54, 1.807) is 4.90 Å². The van der Waals surface area contributed by atoms with Crippen molar-refractivity contribution in [3.05, 3.63) is 34.3 Å². The predicted octanol–water partition coefficient (Wildman–Crippen LogP) is 3.61. The van der Waals surface area contributed by atoms with Gasteiger partial charge in [0.15, 0.2) is 0 Å². The van der Waals surface area contributed by atoms with Crippen molar-refractivity contribution >= 4 is 17.5 Å². The van der Waals surface area contributed by atoms with Gasteiger partial charge in [0, 0.05) is 35.7 Å². The number of nitrogens with zero attached hydrogens (tertiary/aromatic N) is 1. The van der Waals surface area contributed by atoms with E-state index in [0.29, 0.717) is 26.3 Å². The second-order valence-corrected chi connectivity index (χ2v) is 6.44. The Hall–Kier alpha value is -1.27. The monoisotopic (exact) mass is 333 g/mol. The van der Waals surface area contributed by atoms with Crippen molar-refractivity contribution in [3.63, 3.8) is 0 Å². The molecule has 0 N–H and O–H groups in total. The molecule has 1 aromatic carbocycles. The lowest BCUT2D eigenvalue weighted by Crippen LogP contribution is -2.32. The van der Waals surface area contributed by atoms with Gasteiger partial charge in [-0.15, -0.1) is 0 Å². The third-order valence-corrected chi connectivity index (χ3v) is 4.60. The number of hydrogen-bond acceptors (Lipinski definition) is 2. The third-order valence-electron chi connectivity index (χ3n) is 4.38. The molecule has 1 aromatic rings. The zero-order chi connectivity index (χ0) is 16.0. The van der Waals surface area contributed by atoms with Gasteiger partial charge in [-0.1, -0.05) is 11.6 Å². The summed E-state index contributed by atoms with van der Waals surface area (Å²) < 4.78 is 43.9. The third kappa shape index (κ3) is 2.94. The molecule has 2 aliphatic heterocycles. The molecule has 1 spiro atoms. The van der Waals surface area contributed by atoms with Gasteiger partial charge in [-0.05, 0) is 31.0 Å². The SMILES string of the molecule is O=C(c1cc(Cl)cc(C(F)(F)F)c1)N1CC[C@@]2(CCOC2)C1. The van der Waals surface area contributed by atoms with Gasteiger partial charge < -0.3 is 9.64 Å². The van der Waals surface area contributed by atoms with Crippen molar-refractivity contribution in [2.45, 2.75) is 19.0 Å². The fourth-order valence-electron chi connectivity index (χ4n) is 3.14. The molecular formula is C15H15ClF3NO2. The molecule has 3 nitrogen and oxygen atoms in total. The highest BCUT2D eigenvalue weighted by Gasteiger charge is 2.43. The van der Waals surface area contributed by atoms with E-state index in [1.165, 1.54) is 6.07 Å². The van der Waals surface area contributed by atoms with Crippen LogP contribution in [0.15, 0.2) is 18.2 Å². The lowest BCUT2D eigenvalue weighted by molar-refractivity contribution is -0.137. The lowest BCUT2D eigenvalue weighted by Gasteiger charge is -2.22. The molecule has 0 bridgehead atoms. The summed E-state index contributed by atoms with van der Waals surface area (Å²) in [5, 5.41) is -0.0868. The minimum Gasteiger partial charge on any atom is -0.381 e. The van der Waals surface area contributed by atoms with Gasteiger partial charge >= 0.3 is 6.18 Å².